The number of hydrogen-bond acceptors (Lipinski definition) is 6. The molecule has 0 aromatic heterocycles. The lowest BCUT2D eigenvalue weighted by Crippen LogP contribution is -2.51. The second kappa shape index (κ2) is 12.8. The predicted octanol–water partition coefficient (Wildman–Crippen LogP) is 2.48. The SMILES string of the molecule is C[C@@H](O)[C@H](NC(=O)c1ccc(-c2ccc(NC(=O)CNCc3cc(F)c(F)cc3F)cc2)cc1)C(=O)NO. The van der Waals surface area contributed by atoms with E-state index in [-0.39, 0.29) is 24.2 Å². The molecule has 0 radical (unpaired) electrons. The van der Waals surface area contributed by atoms with Crippen LogP contribution in [0.1, 0.15) is 22.8 Å². The standard InChI is InChI=1S/C26H25F3N4O5/c1-14(34)24(26(37)33-38)32-25(36)17-4-2-15(3-5-17)16-6-8-19(9-7-16)31-23(35)13-30-12-18-10-21(28)22(29)11-20(18)27/h2-11,14,24,30,34,38H,12-13H2,1H3,(H,31,35)(H,32,36)(H,33,37)/t14-,24+/m1/s1. The molecule has 3 aromatic rings. The molecule has 12 heteroatoms. The molecule has 3 amide bonds. The minimum absolute atomic E-state index is 0.108. The van der Waals surface area contributed by atoms with E-state index in [9.17, 15) is 32.7 Å². The highest BCUT2D eigenvalue weighted by Crippen LogP contribution is 2.22. The van der Waals surface area contributed by atoms with Crippen molar-refractivity contribution in [1.82, 2.24) is 16.1 Å². The van der Waals surface area contributed by atoms with Gasteiger partial charge in [0.1, 0.15) is 11.9 Å². The summed E-state index contributed by atoms with van der Waals surface area (Å²) < 4.78 is 39.9. The number of aliphatic hydroxyl groups excluding tert-OH is 1. The average molecular weight is 531 g/mol. The first-order valence-corrected chi connectivity index (χ1v) is 11.4. The second-order valence-corrected chi connectivity index (χ2v) is 8.33. The van der Waals surface area contributed by atoms with Crippen LogP contribution in [0.25, 0.3) is 11.1 Å². The van der Waals surface area contributed by atoms with Crippen LogP contribution in [-0.2, 0) is 16.1 Å². The van der Waals surface area contributed by atoms with Gasteiger partial charge in [-0.05, 0) is 48.4 Å². The molecule has 9 nitrogen and oxygen atoms in total. The van der Waals surface area contributed by atoms with Gasteiger partial charge in [-0.3, -0.25) is 19.6 Å². The number of amides is 3. The molecule has 200 valence electrons. The van der Waals surface area contributed by atoms with E-state index in [4.69, 9.17) is 5.21 Å². The number of carbonyl (C=O) groups excluding carboxylic acids is 3. The Labute approximate surface area is 215 Å². The van der Waals surface area contributed by atoms with E-state index in [1.807, 2.05) is 0 Å². The van der Waals surface area contributed by atoms with Crippen molar-refractivity contribution in [3.05, 3.63) is 89.2 Å². The van der Waals surface area contributed by atoms with Crippen LogP contribution in [0.5, 0.6) is 0 Å². The van der Waals surface area contributed by atoms with Gasteiger partial charge in [-0.2, -0.15) is 0 Å². The molecule has 0 bridgehead atoms. The zero-order valence-electron chi connectivity index (χ0n) is 20.1. The lowest BCUT2D eigenvalue weighted by Gasteiger charge is -2.19. The normalized spacial score (nSPS) is 12.4. The maximum absolute atomic E-state index is 13.7. The van der Waals surface area contributed by atoms with Crippen molar-refractivity contribution in [3.8, 4) is 11.1 Å². The van der Waals surface area contributed by atoms with Crippen LogP contribution < -0.4 is 21.4 Å². The monoisotopic (exact) mass is 530 g/mol. The molecule has 2 atom stereocenters. The Hall–Kier alpha value is -4.26. The molecule has 0 saturated heterocycles. The van der Waals surface area contributed by atoms with E-state index in [1.165, 1.54) is 24.5 Å². The Kier molecular flexibility index (Phi) is 9.55. The van der Waals surface area contributed by atoms with Crippen LogP contribution in [0.15, 0.2) is 60.7 Å². The fourth-order valence-electron chi connectivity index (χ4n) is 3.47. The molecular formula is C26H25F3N4O5. The molecule has 0 fully saturated rings. The molecule has 0 aliphatic rings. The van der Waals surface area contributed by atoms with E-state index >= 15 is 0 Å². The van der Waals surface area contributed by atoms with Crippen LogP contribution in [-0.4, -0.2) is 46.7 Å². The molecular weight excluding hydrogens is 505 g/mol. The lowest BCUT2D eigenvalue weighted by molar-refractivity contribution is -0.133. The third-order valence-corrected chi connectivity index (χ3v) is 5.50. The largest absolute Gasteiger partial charge is 0.391 e. The molecule has 3 rings (SSSR count). The third-order valence-electron chi connectivity index (χ3n) is 5.50. The van der Waals surface area contributed by atoms with E-state index in [0.29, 0.717) is 11.8 Å². The molecule has 0 aliphatic carbocycles. The van der Waals surface area contributed by atoms with Crippen molar-refractivity contribution < 1.29 is 37.9 Å². The summed E-state index contributed by atoms with van der Waals surface area (Å²) in [6.45, 7) is 0.931. The van der Waals surface area contributed by atoms with Gasteiger partial charge in [-0.25, -0.2) is 18.7 Å². The van der Waals surface area contributed by atoms with Gasteiger partial charge in [-0.1, -0.05) is 24.3 Å². The minimum Gasteiger partial charge on any atom is -0.391 e. The van der Waals surface area contributed by atoms with Crippen LogP contribution in [0.2, 0.25) is 0 Å². The van der Waals surface area contributed by atoms with Gasteiger partial charge in [-0.15, -0.1) is 0 Å². The number of benzene rings is 3. The lowest BCUT2D eigenvalue weighted by atomic mass is 10.0. The van der Waals surface area contributed by atoms with Gasteiger partial charge in [0.15, 0.2) is 11.6 Å². The first-order chi connectivity index (χ1) is 18.1. The Morgan fingerprint density at radius 3 is 2.03 bits per heavy atom. The third kappa shape index (κ3) is 7.38. The molecule has 0 saturated carbocycles. The maximum Gasteiger partial charge on any atom is 0.268 e. The van der Waals surface area contributed by atoms with Crippen LogP contribution >= 0.6 is 0 Å². The van der Waals surface area contributed by atoms with E-state index < -0.39 is 47.3 Å². The number of anilines is 1. The number of rotatable bonds is 10. The number of hydroxylamine groups is 1. The molecule has 0 aliphatic heterocycles. The smallest absolute Gasteiger partial charge is 0.268 e. The number of hydrogen-bond donors (Lipinski definition) is 6. The zero-order chi connectivity index (χ0) is 27.8. The fraction of sp³-hybridized carbons (Fsp3) is 0.192. The highest BCUT2D eigenvalue weighted by atomic mass is 19.2. The summed E-state index contributed by atoms with van der Waals surface area (Å²) in [5.74, 6) is -5.39. The number of aliphatic hydroxyl groups is 1. The van der Waals surface area contributed by atoms with Gasteiger partial charge >= 0.3 is 0 Å². The Morgan fingerprint density at radius 2 is 1.45 bits per heavy atom. The maximum atomic E-state index is 13.7. The summed E-state index contributed by atoms with van der Waals surface area (Å²) in [4.78, 5) is 36.1. The highest BCUT2D eigenvalue weighted by Gasteiger charge is 2.25. The van der Waals surface area contributed by atoms with Crippen molar-refractivity contribution >= 4 is 23.4 Å². The zero-order valence-corrected chi connectivity index (χ0v) is 20.1. The fourth-order valence-corrected chi connectivity index (χ4v) is 3.47. The molecule has 6 N–H and O–H groups in total. The summed E-state index contributed by atoms with van der Waals surface area (Å²) in [6, 6.07) is 13.0. The Balaban J connectivity index is 1.54. The molecule has 0 spiro atoms. The number of halogens is 3. The number of nitrogens with one attached hydrogen (secondary N) is 4. The average Bonchev–Trinajstić information content (AvgIpc) is 2.90. The first kappa shape index (κ1) is 28.3. The summed E-state index contributed by atoms with van der Waals surface area (Å²) in [6.07, 6.45) is -1.23. The summed E-state index contributed by atoms with van der Waals surface area (Å²) in [5.41, 5.74) is 3.54. The van der Waals surface area contributed by atoms with Crippen molar-refractivity contribution in [2.75, 3.05) is 11.9 Å². The summed E-state index contributed by atoms with van der Waals surface area (Å²) in [5, 5.41) is 26.1. The first-order valence-electron chi connectivity index (χ1n) is 11.4. The van der Waals surface area contributed by atoms with Crippen molar-refractivity contribution in [2.45, 2.75) is 25.6 Å². The summed E-state index contributed by atoms with van der Waals surface area (Å²) >= 11 is 0. The van der Waals surface area contributed by atoms with Gasteiger partial charge < -0.3 is 21.1 Å². The van der Waals surface area contributed by atoms with Crippen LogP contribution in [0.4, 0.5) is 18.9 Å². The predicted molar refractivity (Wildman–Crippen MR) is 131 cm³/mol. The topological polar surface area (TPSA) is 140 Å². The van der Waals surface area contributed by atoms with Gasteiger partial charge in [0, 0.05) is 29.4 Å². The Morgan fingerprint density at radius 1 is 0.868 bits per heavy atom. The number of carbonyl (C=O) groups is 3. The van der Waals surface area contributed by atoms with E-state index in [0.717, 1.165) is 17.2 Å². The van der Waals surface area contributed by atoms with Crippen molar-refractivity contribution in [2.24, 2.45) is 0 Å². The van der Waals surface area contributed by atoms with Crippen molar-refractivity contribution in [1.29, 1.82) is 0 Å². The second-order valence-electron chi connectivity index (χ2n) is 8.33. The molecule has 0 unspecified atom stereocenters. The molecule has 0 heterocycles. The van der Waals surface area contributed by atoms with Crippen LogP contribution in [0, 0.1) is 17.5 Å². The highest BCUT2D eigenvalue weighted by molar-refractivity contribution is 5.98. The van der Waals surface area contributed by atoms with Crippen molar-refractivity contribution in [3.63, 3.8) is 0 Å². The minimum atomic E-state index is -1.34. The van der Waals surface area contributed by atoms with Gasteiger partial charge in [0.05, 0.1) is 12.6 Å². The summed E-state index contributed by atoms with van der Waals surface area (Å²) in [7, 11) is 0. The van der Waals surface area contributed by atoms with E-state index in [2.05, 4.69) is 16.0 Å². The quantitative estimate of drug-likeness (QED) is 0.135. The molecule has 38 heavy (non-hydrogen) atoms. The van der Waals surface area contributed by atoms with Gasteiger partial charge in [0.25, 0.3) is 11.8 Å². The Bertz CT molecular complexity index is 1300. The van der Waals surface area contributed by atoms with E-state index in [1.54, 1.807) is 36.4 Å². The van der Waals surface area contributed by atoms with Crippen LogP contribution in [0.3, 0.4) is 0 Å². The molecule has 3 aromatic carbocycles. The van der Waals surface area contributed by atoms with Gasteiger partial charge in [0.2, 0.25) is 5.91 Å².